The van der Waals surface area contributed by atoms with Crippen LogP contribution >= 0.6 is 24.0 Å². The highest BCUT2D eigenvalue weighted by Crippen LogP contribution is 2.41. The molecule has 1 amide bonds. The number of amides is 1. The molecule has 1 fully saturated rings. The Kier molecular flexibility index (Phi) is 5.93. The summed E-state index contributed by atoms with van der Waals surface area (Å²) in [5, 5.41) is 0. The molecule has 0 unspecified atom stereocenters. The molecule has 0 radical (unpaired) electrons. The molecule has 1 saturated heterocycles. The molecule has 166 valence electrons. The molecular formula is C25H19NO5S2. The summed E-state index contributed by atoms with van der Waals surface area (Å²) in [6.07, 6.45) is 1.80. The number of anilines is 1. The topological polar surface area (TPSA) is 57.2 Å². The van der Waals surface area contributed by atoms with Crippen molar-refractivity contribution in [1.29, 1.82) is 0 Å². The van der Waals surface area contributed by atoms with Gasteiger partial charge in [0.05, 0.1) is 17.7 Å². The number of benzene rings is 3. The SMILES string of the molecule is COc1cc(/C=C2/SC(=S)N(c3ccc4c(c3)OCO4)C2=O)ccc1OCc1ccccc1. The fourth-order valence-corrected chi connectivity index (χ4v) is 4.79. The number of hydrogen-bond donors (Lipinski definition) is 0. The summed E-state index contributed by atoms with van der Waals surface area (Å²) in [6, 6.07) is 20.8. The highest BCUT2D eigenvalue weighted by atomic mass is 32.2. The molecule has 5 rings (SSSR count). The van der Waals surface area contributed by atoms with E-state index in [1.165, 1.54) is 16.7 Å². The van der Waals surface area contributed by atoms with Crippen molar-refractivity contribution in [2.75, 3.05) is 18.8 Å². The summed E-state index contributed by atoms with van der Waals surface area (Å²) >= 11 is 6.74. The van der Waals surface area contributed by atoms with Crippen molar-refractivity contribution in [3.8, 4) is 23.0 Å². The van der Waals surface area contributed by atoms with Gasteiger partial charge in [-0.1, -0.05) is 60.4 Å². The minimum absolute atomic E-state index is 0.171. The summed E-state index contributed by atoms with van der Waals surface area (Å²) in [5.41, 5.74) is 2.52. The zero-order valence-electron chi connectivity index (χ0n) is 17.6. The largest absolute Gasteiger partial charge is 0.493 e. The van der Waals surface area contributed by atoms with E-state index >= 15 is 0 Å². The van der Waals surface area contributed by atoms with Gasteiger partial charge in [0.2, 0.25) is 6.79 Å². The summed E-state index contributed by atoms with van der Waals surface area (Å²) < 4.78 is 22.7. The van der Waals surface area contributed by atoms with Crippen LogP contribution in [0, 0.1) is 0 Å². The molecule has 8 heteroatoms. The molecule has 0 saturated carbocycles. The normalized spacial score (nSPS) is 15.9. The van der Waals surface area contributed by atoms with Gasteiger partial charge in [0.25, 0.3) is 5.91 Å². The first-order valence-corrected chi connectivity index (χ1v) is 11.4. The summed E-state index contributed by atoms with van der Waals surface area (Å²) in [6.45, 7) is 0.606. The number of hydrogen-bond acceptors (Lipinski definition) is 7. The Labute approximate surface area is 200 Å². The summed E-state index contributed by atoms with van der Waals surface area (Å²) in [4.78, 5) is 15.2. The Balaban J connectivity index is 1.35. The van der Waals surface area contributed by atoms with Gasteiger partial charge in [-0.3, -0.25) is 9.69 Å². The van der Waals surface area contributed by atoms with Crippen LogP contribution in [0.4, 0.5) is 5.69 Å². The van der Waals surface area contributed by atoms with E-state index in [4.69, 9.17) is 31.2 Å². The first-order chi connectivity index (χ1) is 16.1. The van der Waals surface area contributed by atoms with Crippen LogP contribution in [-0.4, -0.2) is 24.1 Å². The predicted octanol–water partition coefficient (Wildman–Crippen LogP) is 5.41. The van der Waals surface area contributed by atoms with E-state index in [9.17, 15) is 4.79 Å². The maximum atomic E-state index is 13.1. The summed E-state index contributed by atoms with van der Waals surface area (Å²) in [5.74, 6) is 2.28. The highest BCUT2D eigenvalue weighted by molar-refractivity contribution is 8.27. The molecule has 33 heavy (non-hydrogen) atoms. The van der Waals surface area contributed by atoms with Gasteiger partial charge in [-0.2, -0.15) is 0 Å². The Bertz CT molecular complexity index is 1260. The number of carbonyl (C=O) groups is 1. The van der Waals surface area contributed by atoms with Crippen molar-refractivity contribution in [2.24, 2.45) is 0 Å². The lowest BCUT2D eigenvalue weighted by Crippen LogP contribution is -2.27. The fraction of sp³-hybridized carbons (Fsp3) is 0.120. The van der Waals surface area contributed by atoms with E-state index in [1.807, 2.05) is 48.5 Å². The van der Waals surface area contributed by atoms with Gasteiger partial charge in [0, 0.05) is 6.07 Å². The van der Waals surface area contributed by atoms with Crippen LogP contribution in [0.5, 0.6) is 23.0 Å². The number of rotatable bonds is 6. The number of thiocarbonyl (C=S) groups is 1. The second kappa shape index (κ2) is 9.17. The molecular weight excluding hydrogens is 458 g/mol. The van der Waals surface area contributed by atoms with Crippen molar-refractivity contribution in [3.63, 3.8) is 0 Å². The predicted molar refractivity (Wildman–Crippen MR) is 132 cm³/mol. The Morgan fingerprint density at radius 3 is 2.67 bits per heavy atom. The molecule has 6 nitrogen and oxygen atoms in total. The van der Waals surface area contributed by atoms with Crippen LogP contribution < -0.4 is 23.8 Å². The second-order valence-electron chi connectivity index (χ2n) is 7.24. The first kappa shape index (κ1) is 21.4. The molecule has 2 aliphatic heterocycles. The van der Waals surface area contributed by atoms with Crippen molar-refractivity contribution in [2.45, 2.75) is 6.61 Å². The van der Waals surface area contributed by atoms with E-state index in [-0.39, 0.29) is 12.7 Å². The van der Waals surface area contributed by atoms with Crippen LogP contribution in [-0.2, 0) is 11.4 Å². The first-order valence-electron chi connectivity index (χ1n) is 10.1. The lowest BCUT2D eigenvalue weighted by Gasteiger charge is -2.14. The number of ether oxygens (including phenoxy) is 4. The minimum atomic E-state index is -0.188. The van der Waals surface area contributed by atoms with E-state index in [1.54, 1.807) is 31.4 Å². The van der Waals surface area contributed by atoms with Crippen molar-refractivity contribution in [3.05, 3.63) is 82.8 Å². The molecule has 0 N–H and O–H groups in total. The van der Waals surface area contributed by atoms with Crippen molar-refractivity contribution >= 4 is 46.0 Å². The van der Waals surface area contributed by atoms with Crippen LogP contribution in [0.3, 0.4) is 0 Å². The minimum Gasteiger partial charge on any atom is -0.493 e. The number of thioether (sulfide) groups is 1. The third kappa shape index (κ3) is 4.40. The number of carbonyl (C=O) groups excluding carboxylic acids is 1. The Morgan fingerprint density at radius 1 is 1.03 bits per heavy atom. The molecule has 0 atom stereocenters. The molecule has 3 aromatic rings. The fourth-order valence-electron chi connectivity index (χ4n) is 3.49. The van der Waals surface area contributed by atoms with Crippen LogP contribution in [0.1, 0.15) is 11.1 Å². The quantitative estimate of drug-likeness (QED) is 0.348. The third-order valence-corrected chi connectivity index (χ3v) is 6.43. The van der Waals surface area contributed by atoms with Crippen molar-refractivity contribution in [1.82, 2.24) is 0 Å². The van der Waals surface area contributed by atoms with Crippen LogP contribution in [0.25, 0.3) is 6.08 Å². The molecule has 2 aliphatic rings. The zero-order chi connectivity index (χ0) is 22.8. The molecule has 0 aromatic heterocycles. The van der Waals surface area contributed by atoms with Gasteiger partial charge in [-0.25, -0.2) is 0 Å². The maximum absolute atomic E-state index is 13.1. The van der Waals surface area contributed by atoms with Crippen LogP contribution in [0.15, 0.2) is 71.6 Å². The van der Waals surface area contributed by atoms with Crippen LogP contribution in [0.2, 0.25) is 0 Å². The standard InChI is InChI=1S/C25H19NO5S2/c1-28-21-11-17(7-9-19(21)29-14-16-5-3-2-4-6-16)12-23-24(27)26(25(32)33-23)18-8-10-20-22(13-18)31-15-30-20/h2-13H,14-15H2,1H3/b23-12+. The number of methoxy groups -OCH3 is 1. The molecule has 0 aliphatic carbocycles. The molecule has 0 bridgehead atoms. The molecule has 3 aromatic carbocycles. The summed E-state index contributed by atoms with van der Waals surface area (Å²) in [7, 11) is 1.59. The van der Waals surface area contributed by atoms with Gasteiger partial charge < -0.3 is 18.9 Å². The number of fused-ring (bicyclic) bond motifs is 1. The van der Waals surface area contributed by atoms with E-state index in [0.29, 0.717) is 44.5 Å². The lowest BCUT2D eigenvalue weighted by atomic mass is 10.1. The monoisotopic (exact) mass is 477 g/mol. The highest BCUT2D eigenvalue weighted by Gasteiger charge is 2.34. The van der Waals surface area contributed by atoms with Gasteiger partial charge in [-0.15, -0.1) is 0 Å². The molecule has 0 spiro atoms. The van der Waals surface area contributed by atoms with Gasteiger partial charge in [0.1, 0.15) is 6.61 Å². The molecule has 2 heterocycles. The zero-order valence-corrected chi connectivity index (χ0v) is 19.3. The van der Waals surface area contributed by atoms with E-state index < -0.39 is 0 Å². The van der Waals surface area contributed by atoms with E-state index in [0.717, 1.165) is 11.1 Å². The maximum Gasteiger partial charge on any atom is 0.270 e. The van der Waals surface area contributed by atoms with Crippen molar-refractivity contribution < 1.29 is 23.7 Å². The third-order valence-electron chi connectivity index (χ3n) is 5.13. The lowest BCUT2D eigenvalue weighted by molar-refractivity contribution is -0.113. The Morgan fingerprint density at radius 2 is 1.85 bits per heavy atom. The average molecular weight is 478 g/mol. The van der Waals surface area contributed by atoms with Gasteiger partial charge in [-0.05, 0) is 41.5 Å². The average Bonchev–Trinajstić information content (AvgIpc) is 3.41. The Hall–Kier alpha value is -3.49. The van der Waals surface area contributed by atoms with E-state index in [2.05, 4.69) is 0 Å². The number of nitrogens with zero attached hydrogens (tertiary/aromatic N) is 1. The van der Waals surface area contributed by atoms with Gasteiger partial charge >= 0.3 is 0 Å². The second-order valence-corrected chi connectivity index (χ2v) is 8.92. The smallest absolute Gasteiger partial charge is 0.270 e. The van der Waals surface area contributed by atoms with Gasteiger partial charge in [0.15, 0.2) is 27.3 Å².